The molecule has 0 amide bonds. The van der Waals surface area contributed by atoms with Crippen molar-refractivity contribution in [3.05, 3.63) is 69.0 Å². The zero-order valence-corrected chi connectivity index (χ0v) is 14.3. The maximum Gasteiger partial charge on any atom is 0.336 e. The van der Waals surface area contributed by atoms with Crippen LogP contribution in [0, 0.1) is 6.92 Å². The van der Waals surface area contributed by atoms with Gasteiger partial charge in [-0.2, -0.15) is 0 Å². The van der Waals surface area contributed by atoms with Crippen LogP contribution < -0.4 is 10.4 Å². The maximum absolute atomic E-state index is 11.8. The molecule has 0 bridgehead atoms. The molecule has 0 aliphatic heterocycles. The fraction of sp³-hybridized carbons (Fsp3) is 0.167. The zero-order chi connectivity index (χ0) is 16.4. The minimum Gasteiger partial charge on any atom is -0.497 e. The Morgan fingerprint density at radius 1 is 1.17 bits per heavy atom. The molecule has 0 aliphatic rings. The first-order chi connectivity index (χ1) is 11.1. The fourth-order valence-corrected chi connectivity index (χ4v) is 3.35. The normalized spacial score (nSPS) is 10.9. The van der Waals surface area contributed by atoms with Crippen LogP contribution in [-0.2, 0) is 5.75 Å². The van der Waals surface area contributed by atoms with E-state index in [0.717, 1.165) is 27.2 Å². The van der Waals surface area contributed by atoms with Gasteiger partial charge in [0.25, 0.3) is 0 Å². The number of ether oxygens (including phenoxy) is 1. The van der Waals surface area contributed by atoms with Gasteiger partial charge in [-0.3, -0.25) is 0 Å². The van der Waals surface area contributed by atoms with Crippen LogP contribution in [-0.4, -0.2) is 7.11 Å². The van der Waals surface area contributed by atoms with Crippen molar-refractivity contribution in [3.63, 3.8) is 0 Å². The lowest BCUT2D eigenvalue weighted by Gasteiger charge is -2.08. The number of hydrogen-bond donors (Lipinski definition) is 0. The summed E-state index contributed by atoms with van der Waals surface area (Å²) in [6, 6.07) is 13.0. The molecule has 118 valence electrons. The first-order valence-electron chi connectivity index (χ1n) is 7.06. The molecule has 1 aromatic heterocycles. The summed E-state index contributed by atoms with van der Waals surface area (Å²) in [7, 11) is 1.64. The summed E-state index contributed by atoms with van der Waals surface area (Å²) >= 11 is 7.86. The highest BCUT2D eigenvalue weighted by Crippen LogP contribution is 2.30. The highest BCUT2D eigenvalue weighted by molar-refractivity contribution is 7.98. The van der Waals surface area contributed by atoms with E-state index in [1.807, 2.05) is 37.3 Å². The van der Waals surface area contributed by atoms with Gasteiger partial charge in [0.1, 0.15) is 11.3 Å². The molecule has 23 heavy (non-hydrogen) atoms. The van der Waals surface area contributed by atoms with Gasteiger partial charge < -0.3 is 9.15 Å². The van der Waals surface area contributed by atoms with Gasteiger partial charge in [-0.05, 0) is 54.4 Å². The minimum absolute atomic E-state index is 0.343. The predicted molar refractivity (Wildman–Crippen MR) is 94.8 cm³/mol. The van der Waals surface area contributed by atoms with Gasteiger partial charge in [0.15, 0.2) is 0 Å². The second-order valence-corrected chi connectivity index (χ2v) is 6.61. The number of benzene rings is 2. The second kappa shape index (κ2) is 6.69. The SMILES string of the molecule is COc1ccc(SCc2cc(=O)oc3cc(C)c(Cl)cc23)cc1. The van der Waals surface area contributed by atoms with Gasteiger partial charge in [-0.1, -0.05) is 11.6 Å². The van der Waals surface area contributed by atoms with Gasteiger partial charge >= 0.3 is 5.63 Å². The number of rotatable bonds is 4. The smallest absolute Gasteiger partial charge is 0.336 e. The van der Waals surface area contributed by atoms with E-state index in [9.17, 15) is 4.79 Å². The lowest BCUT2D eigenvalue weighted by molar-refractivity contribution is 0.414. The summed E-state index contributed by atoms with van der Waals surface area (Å²) in [5.41, 5.74) is 2.04. The number of fused-ring (bicyclic) bond motifs is 1. The van der Waals surface area contributed by atoms with Crippen molar-refractivity contribution in [2.45, 2.75) is 17.6 Å². The lowest BCUT2D eigenvalue weighted by Crippen LogP contribution is -2.00. The van der Waals surface area contributed by atoms with Crippen LogP contribution in [0.2, 0.25) is 5.02 Å². The summed E-state index contributed by atoms with van der Waals surface area (Å²) in [5.74, 6) is 1.48. The number of halogens is 1. The molecule has 0 fully saturated rings. The van der Waals surface area contributed by atoms with Gasteiger partial charge in [0.05, 0.1) is 7.11 Å². The molecule has 0 spiro atoms. The second-order valence-electron chi connectivity index (χ2n) is 5.15. The topological polar surface area (TPSA) is 39.4 Å². The summed E-state index contributed by atoms with van der Waals surface area (Å²) in [6.07, 6.45) is 0. The van der Waals surface area contributed by atoms with E-state index in [0.29, 0.717) is 16.4 Å². The van der Waals surface area contributed by atoms with Crippen molar-refractivity contribution >= 4 is 34.3 Å². The van der Waals surface area contributed by atoms with E-state index in [4.69, 9.17) is 20.8 Å². The summed E-state index contributed by atoms with van der Waals surface area (Å²) in [5, 5.41) is 1.54. The molecule has 3 aromatic rings. The van der Waals surface area contributed by atoms with E-state index >= 15 is 0 Å². The number of thioether (sulfide) groups is 1. The summed E-state index contributed by atoms with van der Waals surface area (Å²) < 4.78 is 10.4. The molecule has 0 atom stereocenters. The first kappa shape index (κ1) is 16.0. The Labute approximate surface area is 143 Å². The number of methoxy groups -OCH3 is 1. The Morgan fingerprint density at radius 2 is 1.91 bits per heavy atom. The fourth-order valence-electron chi connectivity index (χ4n) is 2.30. The molecule has 2 aromatic carbocycles. The summed E-state index contributed by atoms with van der Waals surface area (Å²) in [6.45, 7) is 1.89. The molecule has 0 unspecified atom stereocenters. The molecule has 3 rings (SSSR count). The van der Waals surface area contributed by atoms with Crippen molar-refractivity contribution in [2.75, 3.05) is 7.11 Å². The van der Waals surface area contributed by atoms with E-state index in [1.54, 1.807) is 24.9 Å². The average Bonchev–Trinajstić information content (AvgIpc) is 2.55. The van der Waals surface area contributed by atoms with E-state index < -0.39 is 0 Å². The van der Waals surface area contributed by atoms with Crippen molar-refractivity contribution in [2.24, 2.45) is 0 Å². The monoisotopic (exact) mass is 346 g/mol. The van der Waals surface area contributed by atoms with Crippen LogP contribution in [0.4, 0.5) is 0 Å². The molecule has 3 nitrogen and oxygen atoms in total. The largest absolute Gasteiger partial charge is 0.497 e. The van der Waals surface area contributed by atoms with Gasteiger partial charge in [-0.15, -0.1) is 11.8 Å². The predicted octanol–water partition coefficient (Wildman–Crippen LogP) is 5.06. The highest BCUT2D eigenvalue weighted by atomic mass is 35.5. The molecule has 5 heteroatoms. The van der Waals surface area contributed by atoms with Crippen LogP contribution in [0.15, 0.2) is 56.6 Å². The molecule has 0 saturated heterocycles. The molecule has 1 heterocycles. The van der Waals surface area contributed by atoms with Crippen LogP contribution >= 0.6 is 23.4 Å². The standard InChI is InChI=1S/C18H15ClO3S/c1-11-7-17-15(9-16(11)19)12(8-18(20)22-17)10-23-14-5-3-13(21-2)4-6-14/h3-9H,10H2,1-2H3. The Kier molecular flexibility index (Phi) is 4.64. The summed E-state index contributed by atoms with van der Waals surface area (Å²) in [4.78, 5) is 12.9. The van der Waals surface area contributed by atoms with Crippen LogP contribution in [0.3, 0.4) is 0 Å². The van der Waals surface area contributed by atoms with Crippen molar-refractivity contribution in [1.82, 2.24) is 0 Å². The molecular formula is C18H15ClO3S. The van der Waals surface area contributed by atoms with Crippen LogP contribution in [0.25, 0.3) is 11.0 Å². The Balaban J connectivity index is 1.92. The van der Waals surface area contributed by atoms with Crippen molar-refractivity contribution in [1.29, 1.82) is 0 Å². The number of hydrogen-bond acceptors (Lipinski definition) is 4. The molecule has 0 radical (unpaired) electrons. The van der Waals surface area contributed by atoms with Gasteiger partial charge in [0.2, 0.25) is 0 Å². The maximum atomic E-state index is 11.8. The van der Waals surface area contributed by atoms with Crippen LogP contribution in [0.1, 0.15) is 11.1 Å². The Hall–Kier alpha value is -1.91. The molecular weight excluding hydrogens is 332 g/mol. The molecule has 0 N–H and O–H groups in total. The highest BCUT2D eigenvalue weighted by Gasteiger charge is 2.09. The van der Waals surface area contributed by atoms with E-state index in [-0.39, 0.29) is 5.63 Å². The third kappa shape index (κ3) is 3.54. The Morgan fingerprint density at radius 3 is 2.61 bits per heavy atom. The zero-order valence-electron chi connectivity index (χ0n) is 12.8. The quantitative estimate of drug-likeness (QED) is 0.489. The molecule has 0 saturated carbocycles. The minimum atomic E-state index is -0.343. The van der Waals surface area contributed by atoms with E-state index in [2.05, 4.69) is 0 Å². The van der Waals surface area contributed by atoms with Crippen molar-refractivity contribution in [3.8, 4) is 5.75 Å². The van der Waals surface area contributed by atoms with Crippen molar-refractivity contribution < 1.29 is 9.15 Å². The third-order valence-corrected chi connectivity index (χ3v) is 5.03. The lowest BCUT2D eigenvalue weighted by atomic mass is 10.1. The van der Waals surface area contributed by atoms with Crippen LogP contribution in [0.5, 0.6) is 5.75 Å². The van der Waals surface area contributed by atoms with Gasteiger partial charge in [-0.25, -0.2) is 4.79 Å². The number of aryl methyl sites for hydroxylation is 1. The van der Waals surface area contributed by atoms with E-state index in [1.165, 1.54) is 6.07 Å². The molecule has 0 aliphatic carbocycles. The van der Waals surface area contributed by atoms with Gasteiger partial charge in [0, 0.05) is 27.1 Å². The average molecular weight is 347 g/mol. The first-order valence-corrected chi connectivity index (χ1v) is 8.43. The Bertz CT molecular complexity index is 901. The third-order valence-electron chi connectivity index (χ3n) is 3.56.